The van der Waals surface area contributed by atoms with E-state index >= 15 is 0 Å². The van der Waals surface area contributed by atoms with Crippen molar-refractivity contribution in [1.82, 2.24) is 4.90 Å². The summed E-state index contributed by atoms with van der Waals surface area (Å²) in [5.74, 6) is 0.280. The Kier molecular flexibility index (Phi) is 3.57. The monoisotopic (exact) mass is 369 g/mol. The number of halogens is 4. The van der Waals surface area contributed by atoms with Gasteiger partial charge in [0.1, 0.15) is 0 Å². The first-order valence-corrected chi connectivity index (χ1v) is 6.53. The second-order valence-electron chi connectivity index (χ2n) is 4.51. The number of carbonyl (C=O) groups is 1. The molecule has 1 aliphatic rings. The maximum Gasteiger partial charge on any atom is 0.417 e. The summed E-state index contributed by atoms with van der Waals surface area (Å²) < 4.78 is 37.8. The van der Waals surface area contributed by atoms with Crippen molar-refractivity contribution in [2.75, 3.05) is 13.1 Å². The number of nitrogens with zero attached hydrogens (tertiary/aromatic N) is 1. The van der Waals surface area contributed by atoms with Gasteiger partial charge < -0.3 is 4.90 Å². The van der Waals surface area contributed by atoms with E-state index in [9.17, 15) is 18.0 Å². The number of hydrogen-bond donors (Lipinski definition) is 0. The third-order valence-electron chi connectivity index (χ3n) is 2.87. The Hall–Kier alpha value is -0.790. The molecule has 1 aromatic carbocycles. The lowest BCUT2D eigenvalue weighted by Crippen LogP contribution is -2.48. The van der Waals surface area contributed by atoms with Crippen molar-refractivity contribution in [3.63, 3.8) is 0 Å². The highest BCUT2D eigenvalue weighted by atomic mass is 127. The number of alkyl halides is 3. The zero-order chi connectivity index (χ0) is 13.5. The van der Waals surface area contributed by atoms with Crippen LogP contribution in [-0.4, -0.2) is 23.9 Å². The lowest BCUT2D eigenvalue weighted by atomic mass is 10.0. The third kappa shape index (κ3) is 2.62. The van der Waals surface area contributed by atoms with Crippen LogP contribution in [0.25, 0.3) is 0 Å². The first kappa shape index (κ1) is 13.6. The van der Waals surface area contributed by atoms with Gasteiger partial charge in [0.15, 0.2) is 0 Å². The molecule has 1 saturated heterocycles. The van der Waals surface area contributed by atoms with E-state index in [-0.39, 0.29) is 9.48 Å². The molecule has 18 heavy (non-hydrogen) atoms. The van der Waals surface area contributed by atoms with Gasteiger partial charge in [0, 0.05) is 22.2 Å². The number of benzene rings is 1. The number of carbonyl (C=O) groups excluding carboxylic acids is 1. The van der Waals surface area contributed by atoms with E-state index < -0.39 is 11.7 Å². The Labute approximate surface area is 116 Å². The van der Waals surface area contributed by atoms with Crippen molar-refractivity contribution in [3.8, 4) is 0 Å². The highest BCUT2D eigenvalue weighted by Gasteiger charge is 2.34. The molecule has 0 bridgehead atoms. The van der Waals surface area contributed by atoms with Gasteiger partial charge in [-0.05, 0) is 46.7 Å². The quantitative estimate of drug-likeness (QED) is 0.695. The van der Waals surface area contributed by atoms with Crippen LogP contribution in [0.1, 0.15) is 22.8 Å². The van der Waals surface area contributed by atoms with E-state index in [1.807, 2.05) is 6.92 Å². The summed E-state index contributed by atoms with van der Waals surface area (Å²) in [5.41, 5.74) is -0.379. The molecule has 0 unspecified atom stereocenters. The molecule has 1 fully saturated rings. The molecule has 0 aliphatic carbocycles. The minimum atomic E-state index is -4.37. The van der Waals surface area contributed by atoms with E-state index in [1.54, 1.807) is 27.5 Å². The van der Waals surface area contributed by atoms with Crippen LogP contribution >= 0.6 is 22.6 Å². The number of amides is 1. The average Bonchev–Trinajstić information content (AvgIpc) is 2.22. The fraction of sp³-hybridized carbons (Fsp3) is 0.417. The molecule has 1 aliphatic heterocycles. The molecule has 0 N–H and O–H groups in total. The van der Waals surface area contributed by atoms with Crippen LogP contribution in [0.4, 0.5) is 13.2 Å². The number of rotatable bonds is 1. The largest absolute Gasteiger partial charge is 0.417 e. The molecule has 1 amide bonds. The summed E-state index contributed by atoms with van der Waals surface area (Å²) in [6.07, 6.45) is -4.37. The summed E-state index contributed by atoms with van der Waals surface area (Å²) in [4.78, 5) is 13.6. The van der Waals surface area contributed by atoms with Gasteiger partial charge in [-0.2, -0.15) is 13.2 Å². The highest BCUT2D eigenvalue weighted by molar-refractivity contribution is 14.1. The van der Waals surface area contributed by atoms with Gasteiger partial charge in [0.25, 0.3) is 5.91 Å². The van der Waals surface area contributed by atoms with Crippen LogP contribution < -0.4 is 0 Å². The maximum absolute atomic E-state index is 12.6. The molecule has 0 aromatic heterocycles. The molecule has 98 valence electrons. The molecule has 1 aromatic rings. The summed E-state index contributed by atoms with van der Waals surface area (Å²) in [7, 11) is 0. The van der Waals surface area contributed by atoms with Gasteiger partial charge in [-0.15, -0.1) is 0 Å². The second-order valence-corrected chi connectivity index (χ2v) is 5.67. The first-order chi connectivity index (χ1) is 8.29. The smallest absolute Gasteiger partial charge is 0.338 e. The summed E-state index contributed by atoms with van der Waals surface area (Å²) in [5, 5.41) is 0. The Morgan fingerprint density at radius 1 is 1.39 bits per heavy atom. The van der Waals surface area contributed by atoms with E-state index in [4.69, 9.17) is 0 Å². The Bertz CT molecular complexity index is 481. The van der Waals surface area contributed by atoms with Gasteiger partial charge >= 0.3 is 6.18 Å². The predicted octanol–water partition coefficient (Wildman–Crippen LogP) is 3.40. The van der Waals surface area contributed by atoms with Gasteiger partial charge in [-0.25, -0.2) is 0 Å². The minimum Gasteiger partial charge on any atom is -0.338 e. The van der Waals surface area contributed by atoms with Gasteiger partial charge in [0.05, 0.1) is 5.56 Å². The van der Waals surface area contributed by atoms with Crippen LogP contribution in [0.2, 0.25) is 0 Å². The number of likely N-dealkylation sites (tertiary alicyclic amines) is 1. The highest BCUT2D eigenvalue weighted by Crippen LogP contribution is 2.33. The lowest BCUT2D eigenvalue weighted by Gasteiger charge is -2.37. The standard InChI is InChI=1S/C12H11F3INO/c1-7-5-17(6-7)11(18)8-2-3-9(10(16)4-8)12(13,14)15/h2-4,7H,5-6H2,1H3. The Morgan fingerprint density at radius 3 is 2.44 bits per heavy atom. The van der Waals surface area contributed by atoms with Crippen LogP contribution in [0, 0.1) is 9.49 Å². The third-order valence-corrected chi connectivity index (χ3v) is 3.77. The molecular weight excluding hydrogens is 358 g/mol. The van der Waals surface area contributed by atoms with Crippen molar-refractivity contribution >= 4 is 28.5 Å². The Balaban J connectivity index is 2.21. The van der Waals surface area contributed by atoms with Crippen molar-refractivity contribution in [3.05, 3.63) is 32.9 Å². The van der Waals surface area contributed by atoms with E-state index in [1.165, 1.54) is 12.1 Å². The topological polar surface area (TPSA) is 20.3 Å². The number of hydrogen-bond acceptors (Lipinski definition) is 1. The van der Waals surface area contributed by atoms with Gasteiger partial charge in [-0.3, -0.25) is 4.79 Å². The molecule has 2 rings (SSSR count). The van der Waals surface area contributed by atoms with E-state index in [0.717, 1.165) is 6.07 Å². The molecule has 0 radical (unpaired) electrons. The Morgan fingerprint density at radius 2 is 2.00 bits per heavy atom. The normalized spacial score (nSPS) is 16.6. The zero-order valence-electron chi connectivity index (χ0n) is 9.59. The zero-order valence-corrected chi connectivity index (χ0v) is 11.7. The summed E-state index contributed by atoms with van der Waals surface area (Å²) in [6, 6.07) is 3.52. The first-order valence-electron chi connectivity index (χ1n) is 5.45. The van der Waals surface area contributed by atoms with Crippen LogP contribution in [0.3, 0.4) is 0 Å². The van der Waals surface area contributed by atoms with Crippen molar-refractivity contribution in [2.45, 2.75) is 13.1 Å². The molecule has 0 spiro atoms. The fourth-order valence-corrected chi connectivity index (χ4v) is 2.75. The average molecular weight is 369 g/mol. The fourth-order valence-electron chi connectivity index (χ4n) is 1.93. The maximum atomic E-state index is 12.6. The molecule has 1 heterocycles. The molecule has 0 atom stereocenters. The van der Waals surface area contributed by atoms with Crippen LogP contribution in [0.5, 0.6) is 0 Å². The van der Waals surface area contributed by atoms with Crippen LogP contribution in [-0.2, 0) is 6.18 Å². The second kappa shape index (κ2) is 4.71. The molecule has 2 nitrogen and oxygen atoms in total. The van der Waals surface area contributed by atoms with Gasteiger partial charge in [-0.1, -0.05) is 6.92 Å². The SMILES string of the molecule is CC1CN(C(=O)c2ccc(C(F)(F)F)c(I)c2)C1. The predicted molar refractivity (Wildman–Crippen MR) is 69.2 cm³/mol. The van der Waals surface area contributed by atoms with Gasteiger partial charge in [0.2, 0.25) is 0 Å². The van der Waals surface area contributed by atoms with Crippen molar-refractivity contribution in [2.24, 2.45) is 5.92 Å². The summed E-state index contributed by atoms with van der Waals surface area (Å²) >= 11 is 1.61. The molecule has 0 saturated carbocycles. The summed E-state index contributed by atoms with van der Waals surface area (Å²) in [6.45, 7) is 3.38. The van der Waals surface area contributed by atoms with Crippen molar-refractivity contribution < 1.29 is 18.0 Å². The van der Waals surface area contributed by atoms with Crippen molar-refractivity contribution in [1.29, 1.82) is 0 Å². The molecular formula is C12H11F3INO. The van der Waals surface area contributed by atoms with E-state index in [2.05, 4.69) is 0 Å². The minimum absolute atomic E-state index is 0.0551. The van der Waals surface area contributed by atoms with Crippen LogP contribution in [0.15, 0.2) is 18.2 Å². The van der Waals surface area contributed by atoms with E-state index in [0.29, 0.717) is 24.6 Å². The molecule has 6 heteroatoms. The lowest BCUT2D eigenvalue weighted by molar-refractivity contribution is -0.138.